The molecule has 0 bridgehead atoms. The second-order valence-corrected chi connectivity index (χ2v) is 4.49. The molecule has 2 rings (SSSR count). The van der Waals surface area contributed by atoms with Crippen LogP contribution < -0.4 is 9.47 Å². The van der Waals surface area contributed by atoms with Crippen molar-refractivity contribution in [2.75, 3.05) is 26.4 Å². The van der Waals surface area contributed by atoms with E-state index in [1.807, 2.05) is 0 Å². The molecular formula is C15H20O5. The molecule has 0 fully saturated rings. The number of unbranched alkanes of at least 4 members (excludes halogenated alkanes) is 1. The Bertz CT molecular complexity index is 481. The van der Waals surface area contributed by atoms with Gasteiger partial charge in [0.05, 0.1) is 18.8 Å². The minimum absolute atomic E-state index is 0.0431. The fourth-order valence-corrected chi connectivity index (χ4v) is 1.88. The Morgan fingerprint density at radius 3 is 2.85 bits per heavy atom. The number of rotatable bonds is 7. The lowest BCUT2D eigenvalue weighted by molar-refractivity contribution is 0.154. The van der Waals surface area contributed by atoms with Crippen LogP contribution in [0.4, 0.5) is 0 Å². The number of aliphatic hydroxyl groups is 2. The number of hydrogen-bond acceptors (Lipinski definition) is 5. The zero-order valence-corrected chi connectivity index (χ0v) is 11.6. The monoisotopic (exact) mass is 280 g/mol. The molecule has 0 amide bonds. The molecule has 1 aromatic rings. The van der Waals surface area contributed by atoms with Gasteiger partial charge in [0, 0.05) is 6.07 Å². The van der Waals surface area contributed by atoms with E-state index in [0.29, 0.717) is 29.4 Å². The van der Waals surface area contributed by atoms with Crippen molar-refractivity contribution < 1.29 is 24.4 Å². The van der Waals surface area contributed by atoms with E-state index in [2.05, 4.69) is 6.92 Å². The van der Waals surface area contributed by atoms with Crippen LogP contribution in [0.2, 0.25) is 0 Å². The van der Waals surface area contributed by atoms with Crippen molar-refractivity contribution in [2.45, 2.75) is 19.8 Å². The molecular weight excluding hydrogens is 260 g/mol. The number of ether oxygens (including phenoxy) is 3. The maximum absolute atomic E-state index is 10.2. The van der Waals surface area contributed by atoms with Crippen LogP contribution >= 0.6 is 0 Å². The van der Waals surface area contributed by atoms with Crippen molar-refractivity contribution in [3.8, 4) is 11.5 Å². The molecule has 0 atom stereocenters. The summed E-state index contributed by atoms with van der Waals surface area (Å²) in [7, 11) is 0. The Kier molecular flexibility index (Phi) is 5.12. The lowest BCUT2D eigenvalue weighted by Crippen LogP contribution is -2.14. The summed E-state index contributed by atoms with van der Waals surface area (Å²) in [6.45, 7) is 3.06. The lowest BCUT2D eigenvalue weighted by Gasteiger charge is -2.21. The van der Waals surface area contributed by atoms with Crippen LogP contribution in [0.5, 0.6) is 11.5 Å². The van der Waals surface area contributed by atoms with Gasteiger partial charge in [0.25, 0.3) is 0 Å². The normalized spacial score (nSPS) is 13.7. The molecule has 20 heavy (non-hydrogen) atoms. The van der Waals surface area contributed by atoms with Crippen LogP contribution in [0.1, 0.15) is 25.3 Å². The molecule has 0 aliphatic carbocycles. The molecule has 110 valence electrons. The second-order valence-electron chi connectivity index (χ2n) is 4.49. The molecule has 0 radical (unpaired) electrons. The molecule has 0 spiro atoms. The van der Waals surface area contributed by atoms with E-state index < -0.39 is 0 Å². The highest BCUT2D eigenvalue weighted by Crippen LogP contribution is 2.34. The number of aliphatic hydroxyl groups excluding tert-OH is 2. The average Bonchev–Trinajstić information content (AvgIpc) is 2.47. The van der Waals surface area contributed by atoms with Gasteiger partial charge in [0.1, 0.15) is 24.7 Å². The summed E-state index contributed by atoms with van der Waals surface area (Å²) in [6, 6.07) is 5.15. The van der Waals surface area contributed by atoms with E-state index in [1.54, 1.807) is 18.2 Å². The van der Waals surface area contributed by atoms with Gasteiger partial charge >= 0.3 is 0 Å². The zero-order chi connectivity index (χ0) is 14.4. The largest absolute Gasteiger partial charge is 0.504 e. The molecule has 0 saturated carbocycles. The SMILES string of the molecule is CCCCOC1=C(O)c2ccc(OCCO)cc2OC1. The van der Waals surface area contributed by atoms with Crippen molar-refractivity contribution in [2.24, 2.45) is 0 Å². The summed E-state index contributed by atoms with van der Waals surface area (Å²) in [6.07, 6.45) is 1.98. The van der Waals surface area contributed by atoms with E-state index in [9.17, 15) is 5.11 Å². The van der Waals surface area contributed by atoms with Crippen LogP contribution in [-0.4, -0.2) is 36.6 Å². The lowest BCUT2D eigenvalue weighted by atomic mass is 10.1. The highest BCUT2D eigenvalue weighted by atomic mass is 16.5. The summed E-state index contributed by atoms with van der Waals surface area (Å²) < 4.78 is 16.4. The van der Waals surface area contributed by atoms with Gasteiger partial charge in [-0.1, -0.05) is 13.3 Å². The van der Waals surface area contributed by atoms with Crippen LogP contribution in [0, 0.1) is 0 Å². The number of benzene rings is 1. The van der Waals surface area contributed by atoms with Crippen molar-refractivity contribution in [3.05, 3.63) is 29.5 Å². The van der Waals surface area contributed by atoms with Crippen LogP contribution in [0.3, 0.4) is 0 Å². The number of fused-ring (bicyclic) bond motifs is 1. The van der Waals surface area contributed by atoms with E-state index in [4.69, 9.17) is 19.3 Å². The van der Waals surface area contributed by atoms with Gasteiger partial charge in [-0.2, -0.15) is 0 Å². The first-order valence-electron chi connectivity index (χ1n) is 6.82. The minimum atomic E-state index is -0.0431. The van der Waals surface area contributed by atoms with Crippen molar-refractivity contribution in [3.63, 3.8) is 0 Å². The van der Waals surface area contributed by atoms with Crippen molar-refractivity contribution >= 4 is 5.76 Å². The van der Waals surface area contributed by atoms with Gasteiger partial charge in [-0.25, -0.2) is 0 Å². The molecule has 0 saturated heterocycles. The van der Waals surface area contributed by atoms with Crippen LogP contribution in [0.15, 0.2) is 24.0 Å². The average molecular weight is 280 g/mol. The number of hydrogen-bond donors (Lipinski definition) is 2. The molecule has 1 aliphatic heterocycles. The molecule has 1 aromatic carbocycles. The van der Waals surface area contributed by atoms with E-state index in [-0.39, 0.29) is 25.6 Å². The highest BCUT2D eigenvalue weighted by molar-refractivity contribution is 5.69. The van der Waals surface area contributed by atoms with Gasteiger partial charge in [-0.3, -0.25) is 0 Å². The predicted molar refractivity (Wildman–Crippen MR) is 74.9 cm³/mol. The molecule has 1 heterocycles. The Labute approximate surface area is 118 Å². The van der Waals surface area contributed by atoms with Gasteiger partial charge < -0.3 is 24.4 Å². The summed E-state index contributed by atoms with van der Waals surface area (Å²) in [5.74, 6) is 1.74. The smallest absolute Gasteiger partial charge is 0.176 e. The molecule has 2 N–H and O–H groups in total. The first-order valence-corrected chi connectivity index (χ1v) is 6.82. The highest BCUT2D eigenvalue weighted by Gasteiger charge is 2.21. The van der Waals surface area contributed by atoms with E-state index in [1.165, 1.54) is 0 Å². The summed E-state index contributed by atoms with van der Waals surface area (Å²) in [4.78, 5) is 0. The first-order chi connectivity index (χ1) is 9.76. The summed E-state index contributed by atoms with van der Waals surface area (Å²) >= 11 is 0. The van der Waals surface area contributed by atoms with E-state index in [0.717, 1.165) is 12.8 Å². The molecule has 5 nitrogen and oxygen atoms in total. The quantitative estimate of drug-likeness (QED) is 0.751. The third-order valence-electron chi connectivity index (χ3n) is 2.97. The molecule has 1 aliphatic rings. The predicted octanol–water partition coefficient (Wildman–Crippen LogP) is 2.49. The summed E-state index contributed by atoms with van der Waals surface area (Å²) in [5, 5.41) is 18.9. The van der Waals surface area contributed by atoms with Crippen molar-refractivity contribution in [1.29, 1.82) is 0 Å². The Morgan fingerprint density at radius 1 is 1.25 bits per heavy atom. The fourth-order valence-electron chi connectivity index (χ4n) is 1.88. The van der Waals surface area contributed by atoms with Crippen molar-refractivity contribution in [1.82, 2.24) is 0 Å². The fraction of sp³-hybridized carbons (Fsp3) is 0.467. The Balaban J connectivity index is 2.11. The van der Waals surface area contributed by atoms with Gasteiger partial charge in [-0.15, -0.1) is 0 Å². The Morgan fingerprint density at radius 2 is 2.10 bits per heavy atom. The second kappa shape index (κ2) is 7.05. The maximum Gasteiger partial charge on any atom is 0.176 e. The van der Waals surface area contributed by atoms with E-state index >= 15 is 0 Å². The third-order valence-corrected chi connectivity index (χ3v) is 2.97. The van der Waals surface area contributed by atoms with Gasteiger partial charge in [-0.05, 0) is 18.6 Å². The standard InChI is InChI=1S/C15H20O5/c1-2-3-7-19-14-10-20-13-9-11(18-8-6-16)4-5-12(13)15(14)17/h4-5,9,16-17H,2-3,6-8,10H2,1H3. The summed E-state index contributed by atoms with van der Waals surface area (Å²) in [5.41, 5.74) is 0.596. The van der Waals surface area contributed by atoms with Gasteiger partial charge in [0.2, 0.25) is 0 Å². The zero-order valence-electron chi connectivity index (χ0n) is 11.6. The third kappa shape index (κ3) is 3.36. The molecule has 0 unspecified atom stereocenters. The first kappa shape index (κ1) is 14.5. The topological polar surface area (TPSA) is 68.2 Å². The molecule has 5 heteroatoms. The molecule has 0 aromatic heterocycles. The minimum Gasteiger partial charge on any atom is -0.504 e. The van der Waals surface area contributed by atoms with Gasteiger partial charge in [0.15, 0.2) is 11.5 Å². The van der Waals surface area contributed by atoms with Crippen LogP contribution in [-0.2, 0) is 4.74 Å². The Hall–Kier alpha value is -1.88. The maximum atomic E-state index is 10.2. The van der Waals surface area contributed by atoms with Crippen LogP contribution in [0.25, 0.3) is 5.76 Å².